The Bertz CT molecular complexity index is 2580. The molecule has 14 atom stereocenters. The Kier molecular flexibility index (Phi) is 36.0. The minimum absolute atomic E-state index is 0.00395. The van der Waals surface area contributed by atoms with E-state index in [1.165, 1.54) is 94.6 Å². The molecule has 0 unspecified atom stereocenters. The van der Waals surface area contributed by atoms with Gasteiger partial charge in [-0.25, -0.2) is 0 Å². The number of amides is 11. The van der Waals surface area contributed by atoms with E-state index in [0.717, 1.165) is 47.4 Å². The molecular weight excluding hydrogens is 1240 g/mol. The molecule has 544 valence electrons. The Morgan fingerprint density at radius 2 is 0.979 bits per heavy atom. The summed E-state index contributed by atoms with van der Waals surface area (Å²) in [5, 5.41) is 23.3. The zero-order chi connectivity index (χ0) is 72.8. The highest BCUT2D eigenvalue weighted by Gasteiger charge is 2.46. The Balaban J connectivity index is 3.01. The Labute approximate surface area is 573 Å². The lowest BCUT2D eigenvalue weighted by atomic mass is 9.91. The van der Waals surface area contributed by atoms with Crippen molar-refractivity contribution < 1.29 is 62.6 Å². The van der Waals surface area contributed by atoms with Gasteiger partial charge in [0.25, 0.3) is 0 Å². The monoisotopic (exact) mass is 1360 g/mol. The van der Waals surface area contributed by atoms with Crippen LogP contribution in [0, 0.1) is 35.5 Å². The summed E-state index contributed by atoms with van der Waals surface area (Å²) >= 11 is 1.92. The highest BCUT2D eigenvalue weighted by atomic mass is 32.2. The quantitative estimate of drug-likeness (QED) is 0.0855. The molecule has 2 aliphatic heterocycles. The minimum atomic E-state index is -1.64. The fourth-order valence-electron chi connectivity index (χ4n) is 12.3. The van der Waals surface area contributed by atoms with E-state index < -0.39 is 161 Å². The molecule has 2 heterocycles. The summed E-state index contributed by atoms with van der Waals surface area (Å²) in [7, 11) is 9.94. The first-order valence-corrected chi connectivity index (χ1v) is 35.7. The molecule has 0 aliphatic carbocycles. The van der Waals surface area contributed by atoms with Crippen LogP contribution in [-0.2, 0) is 57.5 Å². The third-order valence-electron chi connectivity index (χ3n) is 18.6. The van der Waals surface area contributed by atoms with Crippen LogP contribution in [0.4, 0.5) is 0 Å². The van der Waals surface area contributed by atoms with Crippen LogP contribution >= 0.6 is 11.8 Å². The Morgan fingerprint density at radius 1 is 0.505 bits per heavy atom. The van der Waals surface area contributed by atoms with E-state index in [1.807, 2.05) is 59.4 Å². The van der Waals surface area contributed by atoms with E-state index in [-0.39, 0.29) is 50.0 Å². The SMILES string of the molecule is C/C=C/C[C@@H](C)[C@@H](O)[C@H]1C(=O)N[C@@H](CC)C(=O)N(C)[C@H](C)C(=O)N(C)[C@@H]([C@@H](C)OCCCCN2CCSCC2)C(=O)N[C@@H](C(C)C)C(=O)N(C)[C@H](CC(C)C)C(=O)N[C@@H](C)C(=O)N[C@@H](C)C(=O)N(C)[C@@H](CC(C)C)C(=O)N(C)[C@H](CC(C)C)C(=O)N(C)[C@@H](C(C)C)C(=O)N1C. The predicted octanol–water partition coefficient (Wildman–Crippen LogP) is 3.85. The molecule has 2 saturated heterocycles. The van der Waals surface area contributed by atoms with Crippen molar-refractivity contribution in [2.45, 2.75) is 241 Å². The molecule has 0 spiro atoms. The van der Waals surface area contributed by atoms with Crippen molar-refractivity contribution >= 4 is 76.7 Å². The number of rotatable bonds is 20. The lowest BCUT2D eigenvalue weighted by Gasteiger charge is -2.41. The van der Waals surface area contributed by atoms with Crippen LogP contribution in [0.5, 0.6) is 0 Å². The van der Waals surface area contributed by atoms with Gasteiger partial charge in [0.15, 0.2) is 0 Å². The second-order valence-corrected chi connectivity index (χ2v) is 29.7. The highest BCUT2D eigenvalue weighted by Crippen LogP contribution is 2.26. The highest BCUT2D eigenvalue weighted by molar-refractivity contribution is 7.99. The smallest absolute Gasteiger partial charge is 0.246 e. The summed E-state index contributed by atoms with van der Waals surface area (Å²) in [5.74, 6) is -7.84. The molecular formula is C69H124N12O13S. The van der Waals surface area contributed by atoms with Gasteiger partial charge >= 0.3 is 0 Å². The Hall–Kier alpha value is -5.86. The minimum Gasteiger partial charge on any atom is -0.390 e. The first-order chi connectivity index (χ1) is 44.2. The maximum atomic E-state index is 15.3. The summed E-state index contributed by atoms with van der Waals surface area (Å²) in [6.07, 6.45) is 3.29. The third kappa shape index (κ3) is 24.3. The van der Waals surface area contributed by atoms with E-state index in [1.54, 1.807) is 61.5 Å². The van der Waals surface area contributed by atoms with E-state index in [9.17, 15) is 33.9 Å². The molecule has 0 aromatic heterocycles. The number of aliphatic hydroxyl groups is 1. The molecule has 2 rings (SSSR count). The van der Waals surface area contributed by atoms with Crippen LogP contribution in [0.1, 0.15) is 163 Å². The fourth-order valence-corrected chi connectivity index (χ4v) is 13.3. The van der Waals surface area contributed by atoms with Crippen LogP contribution in [0.3, 0.4) is 0 Å². The first kappa shape index (κ1) is 85.2. The normalized spacial score (nSPS) is 27.6. The van der Waals surface area contributed by atoms with Gasteiger partial charge in [0.2, 0.25) is 65.0 Å². The number of carbonyl (C=O) groups excluding carboxylic acids is 11. The molecule has 0 bridgehead atoms. The zero-order valence-electron chi connectivity index (χ0n) is 62.1. The number of nitrogens with one attached hydrogen (secondary N) is 4. The molecule has 2 fully saturated rings. The number of nitrogens with zero attached hydrogens (tertiary/aromatic N) is 8. The van der Waals surface area contributed by atoms with Gasteiger partial charge in [0.1, 0.15) is 66.5 Å². The van der Waals surface area contributed by atoms with Crippen molar-refractivity contribution in [3.8, 4) is 0 Å². The number of unbranched alkanes of at least 4 members (excludes halogenated alkanes) is 1. The van der Waals surface area contributed by atoms with Crippen molar-refractivity contribution in [3.05, 3.63) is 12.2 Å². The summed E-state index contributed by atoms with van der Waals surface area (Å²) in [6, 6.07) is -14.1. The van der Waals surface area contributed by atoms with Crippen LogP contribution in [0.2, 0.25) is 0 Å². The molecule has 26 heteroatoms. The number of hydrogen-bond donors (Lipinski definition) is 5. The second-order valence-electron chi connectivity index (χ2n) is 28.5. The summed E-state index contributed by atoms with van der Waals surface area (Å²) in [4.78, 5) is 174. The average molecular weight is 1360 g/mol. The van der Waals surface area contributed by atoms with E-state index >= 15 is 24.0 Å². The Morgan fingerprint density at radius 3 is 1.48 bits per heavy atom. The summed E-state index contributed by atoms with van der Waals surface area (Å²) in [5.41, 5.74) is 0. The second kappa shape index (κ2) is 40.1. The van der Waals surface area contributed by atoms with Gasteiger partial charge in [-0.2, -0.15) is 11.8 Å². The molecule has 5 N–H and O–H groups in total. The van der Waals surface area contributed by atoms with Crippen LogP contribution in [0.15, 0.2) is 12.2 Å². The molecule has 0 aromatic rings. The van der Waals surface area contributed by atoms with Crippen molar-refractivity contribution in [1.29, 1.82) is 0 Å². The number of thioether (sulfide) groups is 1. The lowest BCUT2D eigenvalue weighted by Crippen LogP contribution is -2.64. The van der Waals surface area contributed by atoms with Crippen molar-refractivity contribution in [1.82, 2.24) is 60.5 Å². The number of ether oxygens (including phenoxy) is 1. The maximum Gasteiger partial charge on any atom is 0.246 e. The van der Waals surface area contributed by atoms with Crippen molar-refractivity contribution in [2.24, 2.45) is 35.5 Å². The van der Waals surface area contributed by atoms with Gasteiger partial charge in [-0.05, 0) is 122 Å². The van der Waals surface area contributed by atoms with E-state index in [0.29, 0.717) is 12.8 Å². The fraction of sp³-hybridized carbons (Fsp3) is 0.812. The van der Waals surface area contributed by atoms with Crippen molar-refractivity contribution in [2.75, 3.05) is 87.1 Å². The summed E-state index contributed by atoms with van der Waals surface area (Å²) in [6.45, 7) is 32.4. The number of likely N-dealkylation sites (N-methyl/N-ethyl adjacent to an activating group) is 7. The average Bonchev–Trinajstić information content (AvgIpc) is 0.815. The van der Waals surface area contributed by atoms with Gasteiger partial charge in [-0.1, -0.05) is 95.2 Å². The number of aliphatic hydroxyl groups excluding tert-OH is 1. The largest absolute Gasteiger partial charge is 0.390 e. The van der Waals surface area contributed by atoms with Gasteiger partial charge < -0.3 is 70.3 Å². The van der Waals surface area contributed by atoms with Crippen LogP contribution in [-0.4, -0.2) is 275 Å². The molecule has 0 radical (unpaired) electrons. The van der Waals surface area contributed by atoms with Gasteiger partial charge in [-0.15, -0.1) is 0 Å². The molecule has 0 aromatic carbocycles. The molecule has 25 nitrogen and oxygen atoms in total. The standard InChI is InChI=1S/C69H124N12O13S/c1-25-27-30-45(13)58(82)57-62(86)72-50(26-2)65(89)74(18)48(16)64(88)79(23)56(49(17)94-34-29-28-31-81-32-35-95-36-33-81)61(85)73-54(43(9)10)68(92)75(19)51(37-40(3)4)60(84)70-46(14)59(83)71-47(15)63(87)76(20)52(38-41(5)6)66(90)77(21)53(39-42(7)8)67(91)78(22)55(44(11)12)69(93)80(57)24/h25,27,40-58,82H,26,28-39H2,1-24H3,(H,70,84)(H,71,83)(H,72,86)(H,73,85)/b27-25+/t45-,46+,47+,48-,49-,50+,51-,52+,53-,54+,55+,56+,57+,58-/m1/s1. The molecule has 2 aliphatic rings. The molecule has 0 saturated carbocycles. The van der Waals surface area contributed by atoms with E-state index in [2.05, 4.69) is 26.2 Å². The number of allylic oxidation sites excluding steroid dienone is 2. The number of carbonyl (C=O) groups is 11. The first-order valence-electron chi connectivity index (χ1n) is 34.5. The van der Waals surface area contributed by atoms with Crippen LogP contribution in [0.25, 0.3) is 0 Å². The van der Waals surface area contributed by atoms with Gasteiger partial charge in [0.05, 0.1) is 12.2 Å². The third-order valence-corrected chi connectivity index (χ3v) is 19.5. The predicted molar refractivity (Wildman–Crippen MR) is 372 cm³/mol. The number of hydrogen-bond acceptors (Lipinski definition) is 15. The van der Waals surface area contributed by atoms with Crippen molar-refractivity contribution in [3.63, 3.8) is 0 Å². The lowest BCUT2D eigenvalue weighted by molar-refractivity contribution is -0.157. The maximum absolute atomic E-state index is 15.3. The summed E-state index contributed by atoms with van der Waals surface area (Å²) < 4.78 is 6.37. The molecule has 95 heavy (non-hydrogen) atoms. The van der Waals surface area contributed by atoms with E-state index in [4.69, 9.17) is 4.74 Å². The molecule has 11 amide bonds. The topological polar surface area (TPSA) is 291 Å². The van der Waals surface area contributed by atoms with Gasteiger partial charge in [0, 0.05) is 80.5 Å². The zero-order valence-corrected chi connectivity index (χ0v) is 63.0. The van der Waals surface area contributed by atoms with Crippen LogP contribution < -0.4 is 21.3 Å². The van der Waals surface area contributed by atoms with Gasteiger partial charge in [-0.3, -0.25) is 52.7 Å².